The van der Waals surface area contributed by atoms with Crippen molar-refractivity contribution >= 4 is 60.4 Å². The van der Waals surface area contributed by atoms with Crippen molar-refractivity contribution in [3.8, 4) is 23.3 Å². The molecule has 7 nitrogen and oxygen atoms in total. The average Bonchev–Trinajstić information content (AvgIpc) is 3.53. The van der Waals surface area contributed by atoms with Gasteiger partial charge in [0.15, 0.2) is 11.6 Å². The standard InChI is InChI=1S/C26H22N4OS2.C4H8O2/c1-16(2)5-4-6-20-13-22-25(33-20)26(28-14-27-22)30-18-7-9-23(17(3)11-18)31-19-8-10-24-21(12-19)29-15-32-24;1-4(5)3-6-2/h7-16H,5H2,1-3H3,(H,27,28,30);3H2,1-2H3. The molecule has 3 heterocycles. The first-order valence-corrected chi connectivity index (χ1v) is 14.1. The molecule has 0 fully saturated rings. The zero-order chi connectivity index (χ0) is 27.8. The van der Waals surface area contributed by atoms with E-state index < -0.39 is 0 Å². The van der Waals surface area contributed by atoms with E-state index in [4.69, 9.17) is 4.74 Å². The number of fused-ring (bicyclic) bond motifs is 2. The summed E-state index contributed by atoms with van der Waals surface area (Å²) in [6.07, 6.45) is 2.47. The highest BCUT2D eigenvalue weighted by Crippen LogP contribution is 2.33. The Morgan fingerprint density at radius 1 is 1.08 bits per heavy atom. The molecule has 0 saturated carbocycles. The van der Waals surface area contributed by atoms with Crippen LogP contribution in [0.15, 0.2) is 54.3 Å². The van der Waals surface area contributed by atoms with Gasteiger partial charge in [-0.2, -0.15) is 0 Å². The maximum absolute atomic E-state index is 9.92. The number of carbonyl (C=O) groups is 1. The van der Waals surface area contributed by atoms with E-state index in [1.807, 2.05) is 48.8 Å². The van der Waals surface area contributed by atoms with Crippen LogP contribution in [0.4, 0.5) is 11.5 Å². The molecule has 0 aliphatic carbocycles. The number of hydrogen-bond donors (Lipinski definition) is 1. The van der Waals surface area contributed by atoms with Gasteiger partial charge in [0, 0.05) is 25.3 Å². The number of anilines is 2. The lowest BCUT2D eigenvalue weighted by molar-refractivity contribution is -0.120. The fourth-order valence-electron chi connectivity index (χ4n) is 3.56. The van der Waals surface area contributed by atoms with E-state index in [0.717, 1.165) is 60.3 Å². The summed E-state index contributed by atoms with van der Waals surface area (Å²) in [6, 6.07) is 14.0. The number of nitrogens with one attached hydrogen (secondary N) is 1. The second-order valence-electron chi connectivity index (χ2n) is 9.27. The van der Waals surface area contributed by atoms with Crippen LogP contribution in [-0.2, 0) is 9.53 Å². The van der Waals surface area contributed by atoms with E-state index >= 15 is 0 Å². The number of ether oxygens (including phenoxy) is 2. The van der Waals surface area contributed by atoms with E-state index in [9.17, 15) is 4.79 Å². The first-order valence-electron chi connectivity index (χ1n) is 12.4. The summed E-state index contributed by atoms with van der Waals surface area (Å²) in [5.41, 5.74) is 5.66. The Morgan fingerprint density at radius 2 is 1.92 bits per heavy atom. The van der Waals surface area contributed by atoms with E-state index in [1.165, 1.54) is 14.0 Å². The number of ketones is 1. The lowest BCUT2D eigenvalue weighted by atomic mass is 10.1. The van der Waals surface area contributed by atoms with Crippen LogP contribution in [0.5, 0.6) is 11.5 Å². The van der Waals surface area contributed by atoms with Crippen LogP contribution in [0.2, 0.25) is 0 Å². The topological polar surface area (TPSA) is 86.2 Å². The third-order valence-corrected chi connectivity index (χ3v) is 7.20. The molecular formula is C30H30N4O3S2. The monoisotopic (exact) mass is 558 g/mol. The number of carbonyl (C=O) groups excluding carboxylic acids is 1. The minimum Gasteiger partial charge on any atom is -0.457 e. The molecule has 0 bridgehead atoms. The zero-order valence-electron chi connectivity index (χ0n) is 22.6. The minimum atomic E-state index is 0.0671. The van der Waals surface area contributed by atoms with Crippen molar-refractivity contribution in [2.45, 2.75) is 34.1 Å². The molecule has 0 saturated heterocycles. The molecular weight excluding hydrogens is 528 g/mol. The van der Waals surface area contributed by atoms with Crippen LogP contribution in [0.25, 0.3) is 20.4 Å². The van der Waals surface area contributed by atoms with E-state index in [0.29, 0.717) is 5.92 Å². The van der Waals surface area contributed by atoms with Gasteiger partial charge in [0.1, 0.15) is 24.4 Å². The van der Waals surface area contributed by atoms with E-state index in [-0.39, 0.29) is 12.4 Å². The number of methoxy groups -OCH3 is 1. The zero-order valence-corrected chi connectivity index (χ0v) is 24.2. The van der Waals surface area contributed by atoms with Crippen LogP contribution in [0.3, 0.4) is 0 Å². The van der Waals surface area contributed by atoms with Crippen LogP contribution in [0.1, 0.15) is 37.6 Å². The van der Waals surface area contributed by atoms with Gasteiger partial charge < -0.3 is 14.8 Å². The molecule has 2 aromatic carbocycles. The largest absolute Gasteiger partial charge is 0.457 e. The summed E-state index contributed by atoms with van der Waals surface area (Å²) in [4.78, 5) is 24.2. The molecule has 0 unspecified atom stereocenters. The molecule has 39 heavy (non-hydrogen) atoms. The molecule has 0 aliphatic rings. The fourth-order valence-corrected chi connectivity index (χ4v) is 5.15. The first kappa shape index (κ1) is 28.2. The number of aromatic nitrogens is 3. The van der Waals surface area contributed by atoms with Gasteiger partial charge in [-0.3, -0.25) is 4.79 Å². The number of nitrogens with zero attached hydrogens (tertiary/aromatic N) is 3. The van der Waals surface area contributed by atoms with Gasteiger partial charge in [0.25, 0.3) is 0 Å². The number of rotatable bonds is 7. The molecule has 0 amide bonds. The van der Waals surface area contributed by atoms with Crippen LogP contribution in [0, 0.1) is 24.7 Å². The molecule has 0 radical (unpaired) electrons. The Bertz CT molecular complexity index is 1650. The van der Waals surface area contributed by atoms with Gasteiger partial charge in [-0.1, -0.05) is 25.7 Å². The minimum absolute atomic E-state index is 0.0671. The third-order valence-electron chi connectivity index (χ3n) is 5.35. The number of hydrogen-bond acceptors (Lipinski definition) is 9. The first-order chi connectivity index (χ1) is 18.8. The molecule has 0 spiro atoms. The Balaban J connectivity index is 0.000000531. The maximum atomic E-state index is 9.92. The summed E-state index contributed by atoms with van der Waals surface area (Å²) in [5, 5.41) is 3.43. The van der Waals surface area contributed by atoms with Crippen molar-refractivity contribution in [2.75, 3.05) is 19.0 Å². The van der Waals surface area contributed by atoms with Crippen molar-refractivity contribution in [1.29, 1.82) is 0 Å². The van der Waals surface area contributed by atoms with Crippen molar-refractivity contribution in [3.05, 3.63) is 64.7 Å². The van der Waals surface area contributed by atoms with Crippen LogP contribution >= 0.6 is 22.7 Å². The van der Waals surface area contributed by atoms with Gasteiger partial charge in [0.2, 0.25) is 0 Å². The summed E-state index contributed by atoms with van der Waals surface area (Å²) in [5.74, 6) is 9.50. The Labute approximate surface area is 236 Å². The molecule has 1 N–H and O–H groups in total. The molecule has 3 aromatic heterocycles. The highest BCUT2D eigenvalue weighted by Gasteiger charge is 2.10. The lowest BCUT2D eigenvalue weighted by Gasteiger charge is -2.12. The highest BCUT2D eigenvalue weighted by molar-refractivity contribution is 7.20. The fraction of sp³-hybridized carbons (Fsp3) is 0.267. The number of aryl methyl sites for hydroxylation is 1. The van der Waals surface area contributed by atoms with Crippen LogP contribution < -0.4 is 10.1 Å². The Morgan fingerprint density at radius 3 is 2.64 bits per heavy atom. The average molecular weight is 559 g/mol. The molecule has 0 aliphatic heterocycles. The van der Waals surface area contributed by atoms with Crippen LogP contribution in [-0.4, -0.2) is 34.5 Å². The number of thiophene rings is 1. The van der Waals surface area contributed by atoms with Gasteiger partial charge in [-0.15, -0.1) is 22.7 Å². The normalized spacial score (nSPS) is 10.6. The third kappa shape index (κ3) is 7.83. The van der Waals surface area contributed by atoms with Crippen molar-refractivity contribution in [2.24, 2.45) is 5.92 Å². The summed E-state index contributed by atoms with van der Waals surface area (Å²) in [7, 11) is 1.50. The SMILES string of the molecule is COCC(C)=O.Cc1cc(Nc2ncnc3cc(C#CCC(C)C)sc23)ccc1Oc1ccc2scnc2c1. The number of benzene rings is 2. The highest BCUT2D eigenvalue weighted by atomic mass is 32.1. The van der Waals surface area contributed by atoms with E-state index in [2.05, 4.69) is 56.8 Å². The Hall–Kier alpha value is -3.84. The second kappa shape index (κ2) is 13.3. The summed E-state index contributed by atoms with van der Waals surface area (Å²) >= 11 is 3.24. The predicted molar refractivity (Wildman–Crippen MR) is 160 cm³/mol. The quantitative estimate of drug-likeness (QED) is 0.204. The summed E-state index contributed by atoms with van der Waals surface area (Å²) in [6.45, 7) is 8.10. The summed E-state index contributed by atoms with van der Waals surface area (Å²) < 4.78 is 12.7. The molecule has 9 heteroatoms. The van der Waals surface area contributed by atoms with Gasteiger partial charge >= 0.3 is 0 Å². The molecule has 200 valence electrons. The molecule has 5 aromatic rings. The molecule has 5 rings (SSSR count). The number of thiazole rings is 1. The number of Topliss-reactive ketones (excluding diaryl/α,β-unsaturated/α-hetero) is 1. The smallest absolute Gasteiger partial charge is 0.155 e. The van der Waals surface area contributed by atoms with Crippen molar-refractivity contribution < 1.29 is 14.3 Å². The maximum Gasteiger partial charge on any atom is 0.155 e. The molecule has 0 atom stereocenters. The second-order valence-corrected chi connectivity index (χ2v) is 11.2. The van der Waals surface area contributed by atoms with Gasteiger partial charge in [-0.05, 0) is 61.7 Å². The van der Waals surface area contributed by atoms with Gasteiger partial charge in [-0.25, -0.2) is 15.0 Å². The van der Waals surface area contributed by atoms with Gasteiger partial charge in [0.05, 0.1) is 30.8 Å². The van der Waals surface area contributed by atoms with Crippen molar-refractivity contribution in [1.82, 2.24) is 15.0 Å². The van der Waals surface area contributed by atoms with Crippen molar-refractivity contribution in [3.63, 3.8) is 0 Å². The predicted octanol–water partition coefficient (Wildman–Crippen LogP) is 7.76. The van der Waals surface area contributed by atoms with E-state index in [1.54, 1.807) is 29.0 Å². The lowest BCUT2D eigenvalue weighted by Crippen LogP contribution is -1.98. The Kier molecular flexibility index (Phi) is 9.60.